The van der Waals surface area contributed by atoms with Crippen LogP contribution in [0.1, 0.15) is 17.5 Å². The molecule has 0 aromatic heterocycles. The fourth-order valence-electron chi connectivity index (χ4n) is 1.94. The summed E-state index contributed by atoms with van der Waals surface area (Å²) in [6.07, 6.45) is -0.247. The van der Waals surface area contributed by atoms with Gasteiger partial charge in [0.1, 0.15) is 6.61 Å². The van der Waals surface area contributed by atoms with Crippen LogP contribution in [0, 0.1) is 11.3 Å². The summed E-state index contributed by atoms with van der Waals surface area (Å²) in [6, 6.07) is 14.4. The van der Waals surface area contributed by atoms with Crippen LogP contribution in [0.15, 0.2) is 53.4 Å². The van der Waals surface area contributed by atoms with Gasteiger partial charge in [0.05, 0.1) is 28.7 Å². The summed E-state index contributed by atoms with van der Waals surface area (Å²) in [4.78, 5) is 11.8. The van der Waals surface area contributed by atoms with E-state index in [2.05, 4.69) is 0 Å². The summed E-state index contributed by atoms with van der Waals surface area (Å²) in [5.41, 5.74) is 1.14. The molecule has 0 spiro atoms. The van der Waals surface area contributed by atoms with Crippen LogP contribution in [0.5, 0.6) is 0 Å². The summed E-state index contributed by atoms with van der Waals surface area (Å²) < 4.78 is 29.3. The first-order valence-electron chi connectivity index (χ1n) is 7.04. The van der Waals surface area contributed by atoms with Crippen LogP contribution >= 0.6 is 11.6 Å². The zero-order chi connectivity index (χ0) is 17.6. The Morgan fingerprint density at radius 3 is 2.54 bits per heavy atom. The average molecular weight is 364 g/mol. The van der Waals surface area contributed by atoms with Crippen LogP contribution in [-0.4, -0.2) is 20.1 Å². The predicted molar refractivity (Wildman–Crippen MR) is 89.1 cm³/mol. The summed E-state index contributed by atoms with van der Waals surface area (Å²) in [5, 5.41) is 9.24. The first-order chi connectivity index (χ1) is 11.4. The lowest BCUT2D eigenvalue weighted by Crippen LogP contribution is -2.13. The Morgan fingerprint density at radius 1 is 1.17 bits per heavy atom. The number of carbonyl (C=O) groups excluding carboxylic acids is 1. The van der Waals surface area contributed by atoms with Gasteiger partial charge in [-0.3, -0.25) is 4.79 Å². The van der Waals surface area contributed by atoms with Gasteiger partial charge < -0.3 is 4.74 Å². The number of nitrogens with zero attached hydrogens (tertiary/aromatic N) is 1. The molecule has 0 bridgehead atoms. The molecular weight excluding hydrogens is 350 g/mol. The number of sulfone groups is 1. The zero-order valence-corrected chi connectivity index (χ0v) is 14.2. The summed E-state index contributed by atoms with van der Waals surface area (Å²) in [7, 11) is -3.57. The first kappa shape index (κ1) is 18.0. The fourth-order valence-corrected chi connectivity index (χ4v) is 3.29. The van der Waals surface area contributed by atoms with Crippen molar-refractivity contribution in [2.24, 2.45) is 0 Å². The number of benzene rings is 2. The molecule has 0 aliphatic rings. The van der Waals surface area contributed by atoms with Gasteiger partial charge in [-0.25, -0.2) is 8.42 Å². The Kier molecular flexibility index (Phi) is 5.96. The third-order valence-corrected chi connectivity index (χ3v) is 5.19. The van der Waals surface area contributed by atoms with Crippen LogP contribution in [0.4, 0.5) is 0 Å². The molecule has 0 saturated carbocycles. The second-order valence-electron chi connectivity index (χ2n) is 5.00. The van der Waals surface area contributed by atoms with Gasteiger partial charge in [-0.1, -0.05) is 23.7 Å². The summed E-state index contributed by atoms with van der Waals surface area (Å²) >= 11 is 5.72. The predicted octanol–water partition coefficient (Wildman–Crippen LogP) is 3.12. The van der Waals surface area contributed by atoms with Crippen molar-refractivity contribution in [1.82, 2.24) is 0 Å². The zero-order valence-electron chi connectivity index (χ0n) is 12.6. The number of esters is 1. The van der Waals surface area contributed by atoms with Gasteiger partial charge in [-0.05, 0) is 42.0 Å². The van der Waals surface area contributed by atoms with E-state index in [1.807, 2.05) is 6.07 Å². The minimum absolute atomic E-state index is 0.00462. The van der Waals surface area contributed by atoms with E-state index in [4.69, 9.17) is 21.6 Å². The lowest BCUT2D eigenvalue weighted by atomic mass is 10.1. The highest BCUT2D eigenvalue weighted by Crippen LogP contribution is 2.16. The molecule has 0 N–H and O–H groups in total. The Labute approximate surface area is 145 Å². The molecule has 0 atom stereocenters. The number of ether oxygens (including phenoxy) is 1. The summed E-state index contributed by atoms with van der Waals surface area (Å²) in [5.74, 6) is -0.957. The maximum atomic E-state index is 12.1. The first-order valence-corrected chi connectivity index (χ1v) is 9.07. The van der Waals surface area contributed by atoms with Crippen molar-refractivity contribution in [1.29, 1.82) is 5.26 Å². The molecule has 0 saturated heterocycles. The van der Waals surface area contributed by atoms with E-state index in [0.29, 0.717) is 16.1 Å². The Hall–Kier alpha value is -2.36. The van der Waals surface area contributed by atoms with Crippen molar-refractivity contribution < 1.29 is 17.9 Å². The van der Waals surface area contributed by atoms with Gasteiger partial charge in [0.25, 0.3) is 0 Å². The van der Waals surface area contributed by atoms with Crippen molar-refractivity contribution in [3.63, 3.8) is 0 Å². The molecule has 0 amide bonds. The molecule has 0 fully saturated rings. The average Bonchev–Trinajstić information content (AvgIpc) is 2.59. The van der Waals surface area contributed by atoms with Crippen molar-refractivity contribution in [2.75, 3.05) is 5.75 Å². The molecule has 0 aliphatic carbocycles. The van der Waals surface area contributed by atoms with Crippen LogP contribution in [0.2, 0.25) is 5.02 Å². The van der Waals surface area contributed by atoms with Crippen LogP contribution in [-0.2, 0) is 26.0 Å². The molecule has 2 aromatic carbocycles. The molecule has 0 aliphatic heterocycles. The third kappa shape index (κ3) is 5.08. The van der Waals surface area contributed by atoms with Crippen molar-refractivity contribution >= 4 is 27.4 Å². The Balaban J connectivity index is 1.88. The fraction of sp³-hybridized carbons (Fsp3) is 0.176. The highest BCUT2D eigenvalue weighted by molar-refractivity contribution is 7.91. The molecule has 124 valence electrons. The standard InChI is InChI=1S/C17H14ClNO4S/c18-15-4-6-16(7-5-15)24(21,22)9-8-17(20)23-12-14-3-1-2-13(10-14)11-19/h1-7,10H,8-9,12H2. The molecule has 0 unspecified atom stereocenters. The topological polar surface area (TPSA) is 84.2 Å². The van der Waals surface area contributed by atoms with E-state index in [1.165, 1.54) is 24.3 Å². The number of rotatable bonds is 6. The minimum Gasteiger partial charge on any atom is -0.461 e. The number of halogens is 1. The molecule has 2 rings (SSSR count). The molecular formula is C17H14ClNO4S. The molecule has 7 heteroatoms. The number of nitriles is 1. The van der Waals surface area contributed by atoms with Crippen LogP contribution in [0.25, 0.3) is 0 Å². The second-order valence-corrected chi connectivity index (χ2v) is 7.54. The number of carbonyl (C=O) groups is 1. The molecule has 0 heterocycles. The maximum Gasteiger partial charge on any atom is 0.307 e. The van der Waals surface area contributed by atoms with E-state index in [9.17, 15) is 13.2 Å². The van der Waals surface area contributed by atoms with Crippen molar-refractivity contribution in [3.8, 4) is 6.07 Å². The monoisotopic (exact) mass is 363 g/mol. The van der Waals surface area contributed by atoms with Crippen LogP contribution < -0.4 is 0 Å². The van der Waals surface area contributed by atoms with Gasteiger partial charge in [-0.15, -0.1) is 0 Å². The van der Waals surface area contributed by atoms with E-state index in [1.54, 1.807) is 24.3 Å². The van der Waals surface area contributed by atoms with Gasteiger partial charge in [0.2, 0.25) is 0 Å². The largest absolute Gasteiger partial charge is 0.461 e. The Morgan fingerprint density at radius 2 is 1.88 bits per heavy atom. The van der Waals surface area contributed by atoms with Gasteiger partial charge in [0, 0.05) is 5.02 Å². The van der Waals surface area contributed by atoms with E-state index in [0.717, 1.165) is 0 Å². The summed E-state index contributed by atoms with van der Waals surface area (Å²) in [6.45, 7) is -0.00462. The van der Waals surface area contributed by atoms with Gasteiger partial charge in [-0.2, -0.15) is 5.26 Å². The third-order valence-electron chi connectivity index (χ3n) is 3.20. The van der Waals surface area contributed by atoms with Crippen LogP contribution in [0.3, 0.4) is 0 Å². The molecule has 2 aromatic rings. The highest BCUT2D eigenvalue weighted by atomic mass is 35.5. The highest BCUT2D eigenvalue weighted by Gasteiger charge is 2.17. The normalized spacial score (nSPS) is 10.8. The van der Waals surface area contributed by atoms with Crippen molar-refractivity contribution in [3.05, 3.63) is 64.7 Å². The van der Waals surface area contributed by atoms with Gasteiger partial charge in [0.15, 0.2) is 9.84 Å². The second kappa shape index (κ2) is 7.95. The smallest absolute Gasteiger partial charge is 0.307 e. The lowest BCUT2D eigenvalue weighted by Gasteiger charge is -2.06. The van der Waals surface area contributed by atoms with E-state index < -0.39 is 15.8 Å². The van der Waals surface area contributed by atoms with Crippen molar-refractivity contribution in [2.45, 2.75) is 17.9 Å². The minimum atomic E-state index is -3.57. The molecule has 24 heavy (non-hydrogen) atoms. The molecule has 5 nitrogen and oxygen atoms in total. The number of hydrogen-bond acceptors (Lipinski definition) is 5. The lowest BCUT2D eigenvalue weighted by molar-refractivity contribution is -0.144. The Bertz CT molecular complexity index is 870. The quantitative estimate of drug-likeness (QED) is 0.736. The van der Waals surface area contributed by atoms with E-state index in [-0.39, 0.29) is 23.7 Å². The number of hydrogen-bond donors (Lipinski definition) is 0. The maximum absolute atomic E-state index is 12.1. The van der Waals surface area contributed by atoms with Gasteiger partial charge >= 0.3 is 5.97 Å². The molecule has 0 radical (unpaired) electrons. The van der Waals surface area contributed by atoms with E-state index >= 15 is 0 Å². The SMILES string of the molecule is N#Cc1cccc(COC(=O)CCS(=O)(=O)c2ccc(Cl)cc2)c1.